The second-order valence-electron chi connectivity index (χ2n) is 6.40. The van der Waals surface area contributed by atoms with Gasteiger partial charge in [-0.25, -0.2) is 0 Å². The molecule has 0 aromatic heterocycles. The highest BCUT2D eigenvalue weighted by Gasteiger charge is 2.29. The molecule has 0 aliphatic carbocycles. The van der Waals surface area contributed by atoms with Crippen molar-refractivity contribution < 1.29 is 19.1 Å². The predicted octanol–water partition coefficient (Wildman–Crippen LogP) is 1.83. The summed E-state index contributed by atoms with van der Waals surface area (Å²) in [7, 11) is 0. The van der Waals surface area contributed by atoms with E-state index in [2.05, 4.69) is 0 Å². The fraction of sp³-hybridized carbons (Fsp3) is 0.556. The first-order valence-corrected chi connectivity index (χ1v) is 8.49. The number of anilines is 1. The Hall–Kier alpha value is -2.08. The normalized spacial score (nSPS) is 23.4. The summed E-state index contributed by atoms with van der Waals surface area (Å²) in [6.45, 7) is 6.09. The molecule has 2 atom stereocenters. The molecule has 1 saturated heterocycles. The van der Waals surface area contributed by atoms with Crippen molar-refractivity contribution in [3.63, 3.8) is 0 Å². The maximum atomic E-state index is 12.6. The maximum absolute atomic E-state index is 12.6. The lowest BCUT2D eigenvalue weighted by atomic mass is 10.1. The van der Waals surface area contributed by atoms with E-state index in [1.165, 1.54) is 0 Å². The molecule has 3 rings (SSSR count). The lowest BCUT2D eigenvalue weighted by Gasteiger charge is -2.37. The molecular weight excluding hydrogens is 308 g/mol. The molecule has 0 unspecified atom stereocenters. The summed E-state index contributed by atoms with van der Waals surface area (Å²) >= 11 is 0. The molecule has 0 N–H and O–H groups in total. The highest BCUT2D eigenvalue weighted by atomic mass is 16.5. The average Bonchev–Trinajstić information content (AvgIpc) is 2.61. The summed E-state index contributed by atoms with van der Waals surface area (Å²) in [5.74, 6) is 0.708. The number of hydrogen-bond donors (Lipinski definition) is 0. The number of hydrogen-bond acceptors (Lipinski definition) is 4. The Kier molecular flexibility index (Phi) is 5.04. The quantitative estimate of drug-likeness (QED) is 0.847. The van der Waals surface area contributed by atoms with Crippen molar-refractivity contribution in [2.75, 3.05) is 31.2 Å². The van der Waals surface area contributed by atoms with E-state index in [0.717, 1.165) is 11.4 Å². The van der Waals surface area contributed by atoms with Crippen LogP contribution in [0.2, 0.25) is 0 Å². The minimum Gasteiger partial charge on any atom is -0.490 e. The first-order valence-electron chi connectivity index (χ1n) is 8.49. The van der Waals surface area contributed by atoms with Crippen molar-refractivity contribution in [3.05, 3.63) is 24.3 Å². The highest BCUT2D eigenvalue weighted by Crippen LogP contribution is 2.31. The van der Waals surface area contributed by atoms with Gasteiger partial charge >= 0.3 is 0 Å². The summed E-state index contributed by atoms with van der Waals surface area (Å²) in [5, 5.41) is 0. The van der Waals surface area contributed by atoms with Crippen LogP contribution in [-0.2, 0) is 14.3 Å². The fourth-order valence-electron chi connectivity index (χ4n) is 3.17. The Morgan fingerprint density at radius 3 is 2.75 bits per heavy atom. The summed E-state index contributed by atoms with van der Waals surface area (Å²) < 4.78 is 11.1. The minimum absolute atomic E-state index is 0.0209. The van der Waals surface area contributed by atoms with Crippen molar-refractivity contribution in [3.8, 4) is 5.75 Å². The molecule has 2 heterocycles. The van der Waals surface area contributed by atoms with Gasteiger partial charge in [-0.2, -0.15) is 0 Å². The van der Waals surface area contributed by atoms with Crippen LogP contribution in [0.1, 0.15) is 26.7 Å². The van der Waals surface area contributed by atoms with Crippen LogP contribution in [0.5, 0.6) is 5.75 Å². The van der Waals surface area contributed by atoms with Crippen molar-refractivity contribution >= 4 is 17.5 Å². The van der Waals surface area contributed by atoms with E-state index in [9.17, 15) is 9.59 Å². The zero-order valence-corrected chi connectivity index (χ0v) is 14.2. The number of carbonyl (C=O) groups excluding carboxylic acids is 2. The lowest BCUT2D eigenvalue weighted by molar-refractivity contribution is -0.144. The number of nitrogens with zero attached hydrogens (tertiary/aromatic N) is 2. The molecule has 2 aliphatic heterocycles. The standard InChI is InChI=1S/C18H24N2O4/c1-13-12-24-14(2)11-20(13)18(22)8-7-17(21)19-9-10-23-16-6-4-3-5-15(16)19/h3-6,13-14H,7-12H2,1-2H3/t13-,14-/m0/s1. The van der Waals surface area contributed by atoms with E-state index in [1.807, 2.05) is 43.0 Å². The van der Waals surface area contributed by atoms with E-state index in [4.69, 9.17) is 9.47 Å². The van der Waals surface area contributed by atoms with Crippen molar-refractivity contribution in [2.24, 2.45) is 0 Å². The molecule has 1 aromatic carbocycles. The van der Waals surface area contributed by atoms with E-state index in [1.54, 1.807) is 4.90 Å². The van der Waals surface area contributed by atoms with Gasteiger partial charge in [0.2, 0.25) is 11.8 Å². The summed E-state index contributed by atoms with van der Waals surface area (Å²) in [6, 6.07) is 7.57. The van der Waals surface area contributed by atoms with Crippen LogP contribution in [0.25, 0.3) is 0 Å². The first-order chi connectivity index (χ1) is 11.6. The van der Waals surface area contributed by atoms with Crippen LogP contribution < -0.4 is 9.64 Å². The van der Waals surface area contributed by atoms with Crippen LogP contribution in [0.15, 0.2) is 24.3 Å². The molecule has 2 aliphatic rings. The van der Waals surface area contributed by atoms with Gasteiger partial charge in [-0.3, -0.25) is 9.59 Å². The van der Waals surface area contributed by atoms with Crippen LogP contribution in [0.3, 0.4) is 0 Å². The number of para-hydroxylation sites is 2. The van der Waals surface area contributed by atoms with Gasteiger partial charge < -0.3 is 19.3 Å². The number of ether oxygens (including phenoxy) is 2. The van der Waals surface area contributed by atoms with Gasteiger partial charge in [0, 0.05) is 19.4 Å². The fourth-order valence-corrected chi connectivity index (χ4v) is 3.17. The second kappa shape index (κ2) is 7.21. The molecule has 6 heteroatoms. The molecule has 130 valence electrons. The molecule has 0 saturated carbocycles. The zero-order valence-electron chi connectivity index (χ0n) is 14.2. The lowest BCUT2D eigenvalue weighted by Crippen LogP contribution is -2.50. The van der Waals surface area contributed by atoms with E-state index >= 15 is 0 Å². The van der Waals surface area contributed by atoms with Crippen molar-refractivity contribution in [1.29, 1.82) is 0 Å². The number of carbonyl (C=O) groups is 2. The Morgan fingerprint density at radius 2 is 1.92 bits per heavy atom. The number of amides is 2. The van der Waals surface area contributed by atoms with E-state index < -0.39 is 0 Å². The molecule has 0 spiro atoms. The third-order valence-corrected chi connectivity index (χ3v) is 4.51. The van der Waals surface area contributed by atoms with Gasteiger partial charge in [0.1, 0.15) is 12.4 Å². The smallest absolute Gasteiger partial charge is 0.227 e. The van der Waals surface area contributed by atoms with Gasteiger partial charge in [-0.05, 0) is 26.0 Å². The van der Waals surface area contributed by atoms with Gasteiger partial charge in [-0.15, -0.1) is 0 Å². The molecule has 24 heavy (non-hydrogen) atoms. The largest absolute Gasteiger partial charge is 0.490 e. The summed E-state index contributed by atoms with van der Waals surface area (Å²) in [4.78, 5) is 28.6. The van der Waals surface area contributed by atoms with E-state index in [0.29, 0.717) is 26.3 Å². The molecule has 2 amide bonds. The molecule has 0 bridgehead atoms. The van der Waals surface area contributed by atoms with Crippen LogP contribution in [0, 0.1) is 0 Å². The maximum Gasteiger partial charge on any atom is 0.227 e. The monoisotopic (exact) mass is 332 g/mol. The molecule has 1 aromatic rings. The number of benzene rings is 1. The molecule has 6 nitrogen and oxygen atoms in total. The molecular formula is C18H24N2O4. The van der Waals surface area contributed by atoms with E-state index in [-0.39, 0.29) is 36.8 Å². The average molecular weight is 332 g/mol. The second-order valence-corrected chi connectivity index (χ2v) is 6.40. The third kappa shape index (κ3) is 3.53. The number of morpholine rings is 1. The third-order valence-electron chi connectivity index (χ3n) is 4.51. The minimum atomic E-state index is -0.0342. The van der Waals surface area contributed by atoms with Crippen LogP contribution >= 0.6 is 0 Å². The summed E-state index contributed by atoms with van der Waals surface area (Å²) in [5.41, 5.74) is 0.787. The topological polar surface area (TPSA) is 59.1 Å². The SMILES string of the molecule is C[C@H]1CN(C(=O)CCC(=O)N2CCOc3ccccc32)[C@@H](C)CO1. The first kappa shape index (κ1) is 16.8. The van der Waals surface area contributed by atoms with Gasteiger partial charge in [0.15, 0.2) is 0 Å². The Bertz CT molecular complexity index is 619. The van der Waals surface area contributed by atoms with Crippen molar-refractivity contribution in [2.45, 2.75) is 38.8 Å². The Balaban J connectivity index is 1.59. The van der Waals surface area contributed by atoms with Crippen LogP contribution in [-0.4, -0.2) is 55.2 Å². The summed E-state index contributed by atoms with van der Waals surface area (Å²) in [6.07, 6.45) is 0.494. The zero-order chi connectivity index (χ0) is 17.1. The number of rotatable bonds is 3. The highest BCUT2D eigenvalue weighted by molar-refractivity contribution is 5.97. The van der Waals surface area contributed by atoms with Crippen LogP contribution in [0.4, 0.5) is 5.69 Å². The Morgan fingerprint density at radius 1 is 1.17 bits per heavy atom. The van der Waals surface area contributed by atoms with Gasteiger partial charge in [0.05, 0.1) is 31.0 Å². The van der Waals surface area contributed by atoms with Crippen molar-refractivity contribution in [1.82, 2.24) is 4.90 Å². The molecule has 1 fully saturated rings. The predicted molar refractivity (Wildman–Crippen MR) is 90.1 cm³/mol. The Labute approximate surface area is 142 Å². The van der Waals surface area contributed by atoms with Gasteiger partial charge in [-0.1, -0.05) is 12.1 Å². The number of fused-ring (bicyclic) bond motifs is 1. The van der Waals surface area contributed by atoms with Gasteiger partial charge in [0.25, 0.3) is 0 Å². The molecule has 0 radical (unpaired) electrons.